The number of benzene rings is 1. The van der Waals surface area contributed by atoms with Crippen LogP contribution in [0.4, 0.5) is 5.69 Å². The Balaban J connectivity index is 2.28. The minimum absolute atomic E-state index is 0.206. The largest absolute Gasteiger partial charge is 0.491 e. The monoisotopic (exact) mass is 376 g/mol. The van der Waals surface area contributed by atoms with Gasteiger partial charge in [-0.1, -0.05) is 11.6 Å². The molecule has 2 unspecified atom stereocenters. The molecule has 0 aromatic heterocycles. The van der Waals surface area contributed by atoms with Crippen LogP contribution in [0.25, 0.3) is 0 Å². The number of hydrogen-bond donors (Lipinski definition) is 2. The second-order valence-electron chi connectivity index (χ2n) is 5.19. The summed E-state index contributed by atoms with van der Waals surface area (Å²) < 4.78 is 11.6. The van der Waals surface area contributed by atoms with Gasteiger partial charge >= 0.3 is 0 Å². The van der Waals surface area contributed by atoms with Crippen molar-refractivity contribution in [2.45, 2.75) is 19.9 Å². The molecule has 3 N–H and O–H groups in total. The molecule has 1 aromatic carbocycles. The van der Waals surface area contributed by atoms with E-state index in [1.807, 2.05) is 6.92 Å². The van der Waals surface area contributed by atoms with Crippen LogP contribution in [-0.2, 0) is 9.53 Å². The molecule has 1 fully saturated rings. The van der Waals surface area contributed by atoms with Crippen molar-refractivity contribution in [1.29, 1.82) is 0 Å². The quantitative estimate of drug-likeness (QED) is 0.846. The van der Waals surface area contributed by atoms with Crippen LogP contribution in [0.2, 0.25) is 5.02 Å². The average molecular weight is 378 g/mol. The van der Waals surface area contributed by atoms with Gasteiger partial charge in [-0.2, -0.15) is 0 Å². The Hall–Kier alpha value is -0.820. The number of nitrogens with two attached hydrogens (primary N) is 1. The summed E-state index contributed by atoms with van der Waals surface area (Å²) in [5.41, 5.74) is 5.72. The van der Waals surface area contributed by atoms with Gasteiger partial charge in [-0.15, -0.1) is 0 Å². The minimum Gasteiger partial charge on any atom is -0.491 e. The predicted octanol–water partition coefficient (Wildman–Crippen LogP) is 2.80. The second kappa shape index (κ2) is 6.52. The highest BCUT2D eigenvalue weighted by atomic mass is 79.9. The lowest BCUT2D eigenvalue weighted by atomic mass is 9.85. The van der Waals surface area contributed by atoms with Gasteiger partial charge in [-0.05, 0) is 41.9 Å². The van der Waals surface area contributed by atoms with Crippen molar-refractivity contribution in [3.05, 3.63) is 21.6 Å². The van der Waals surface area contributed by atoms with Crippen molar-refractivity contribution < 1.29 is 14.3 Å². The highest BCUT2D eigenvalue weighted by molar-refractivity contribution is 9.10. The molecule has 7 heteroatoms. The van der Waals surface area contributed by atoms with Crippen LogP contribution in [0.15, 0.2) is 16.6 Å². The highest BCUT2D eigenvalue weighted by Crippen LogP contribution is 2.38. The summed E-state index contributed by atoms with van der Waals surface area (Å²) in [4.78, 5) is 12.5. The third-order valence-corrected chi connectivity index (χ3v) is 4.39. The maximum atomic E-state index is 12.5. The van der Waals surface area contributed by atoms with Crippen LogP contribution in [0.3, 0.4) is 0 Å². The number of nitrogens with one attached hydrogen (secondary N) is 1. The molecule has 1 aliphatic heterocycles. The summed E-state index contributed by atoms with van der Waals surface area (Å²) in [6, 6.07) is 3.03. The summed E-state index contributed by atoms with van der Waals surface area (Å²) in [6.07, 6.45) is 0. The van der Waals surface area contributed by atoms with Crippen molar-refractivity contribution in [2.75, 3.05) is 25.1 Å². The van der Waals surface area contributed by atoms with Gasteiger partial charge in [0.1, 0.15) is 0 Å². The van der Waals surface area contributed by atoms with Crippen molar-refractivity contribution >= 4 is 39.1 Å². The highest BCUT2D eigenvalue weighted by Gasteiger charge is 2.44. The summed E-state index contributed by atoms with van der Waals surface area (Å²) in [5, 5.41) is 3.35. The smallest absolute Gasteiger partial charge is 0.234 e. The summed E-state index contributed by atoms with van der Waals surface area (Å²) in [7, 11) is 0. The maximum absolute atomic E-state index is 12.5. The molecule has 2 rings (SSSR count). The number of rotatable bonds is 4. The number of carbonyl (C=O) groups is 1. The molecule has 1 aliphatic rings. The van der Waals surface area contributed by atoms with E-state index in [1.54, 1.807) is 19.1 Å². The molecule has 0 bridgehead atoms. The molecule has 1 heterocycles. The Morgan fingerprint density at radius 3 is 2.95 bits per heavy atom. The first-order valence-corrected chi connectivity index (χ1v) is 7.82. The molecule has 0 saturated carbocycles. The molecule has 5 nitrogen and oxygen atoms in total. The number of carbonyl (C=O) groups excluding carboxylic acids is 1. The van der Waals surface area contributed by atoms with E-state index in [9.17, 15) is 4.79 Å². The summed E-state index contributed by atoms with van der Waals surface area (Å²) in [5.74, 6) is 0.342. The molecule has 0 radical (unpaired) electrons. The Bertz CT molecular complexity index is 555. The van der Waals surface area contributed by atoms with Crippen LogP contribution in [0, 0.1) is 5.41 Å². The molecule has 1 amide bonds. The van der Waals surface area contributed by atoms with E-state index in [4.69, 9.17) is 26.8 Å². The number of ether oxygens (including phenoxy) is 2. The first-order chi connectivity index (χ1) is 9.88. The Morgan fingerprint density at radius 2 is 2.38 bits per heavy atom. The predicted molar refractivity (Wildman–Crippen MR) is 85.9 cm³/mol. The molecule has 21 heavy (non-hydrogen) atoms. The normalized spacial score (nSPS) is 24.9. The van der Waals surface area contributed by atoms with E-state index in [-0.39, 0.29) is 11.9 Å². The number of amides is 1. The molecule has 0 spiro atoms. The Kier molecular flexibility index (Phi) is 5.14. The van der Waals surface area contributed by atoms with Gasteiger partial charge in [0, 0.05) is 11.1 Å². The van der Waals surface area contributed by atoms with Gasteiger partial charge in [0.05, 0.1) is 35.4 Å². The summed E-state index contributed by atoms with van der Waals surface area (Å²) in [6.45, 7) is 4.81. The third-order valence-electron chi connectivity index (χ3n) is 3.58. The maximum Gasteiger partial charge on any atom is 0.234 e. The lowest BCUT2D eigenvalue weighted by Gasteiger charge is -2.26. The van der Waals surface area contributed by atoms with Gasteiger partial charge in [0.2, 0.25) is 5.91 Å². The van der Waals surface area contributed by atoms with Crippen LogP contribution >= 0.6 is 27.5 Å². The second-order valence-corrected chi connectivity index (χ2v) is 6.48. The van der Waals surface area contributed by atoms with Gasteiger partial charge in [-0.3, -0.25) is 4.79 Å². The van der Waals surface area contributed by atoms with Crippen LogP contribution in [-0.4, -0.2) is 31.8 Å². The van der Waals surface area contributed by atoms with Gasteiger partial charge in [0.15, 0.2) is 5.75 Å². The molecule has 0 aliphatic carbocycles. The van der Waals surface area contributed by atoms with Crippen LogP contribution in [0.5, 0.6) is 5.75 Å². The summed E-state index contributed by atoms with van der Waals surface area (Å²) >= 11 is 9.43. The first-order valence-electron chi connectivity index (χ1n) is 6.65. The van der Waals surface area contributed by atoms with Gasteiger partial charge in [0.25, 0.3) is 0 Å². The number of anilines is 1. The van der Waals surface area contributed by atoms with Gasteiger partial charge in [-0.25, -0.2) is 0 Å². The zero-order chi connectivity index (χ0) is 15.6. The van der Waals surface area contributed by atoms with E-state index in [1.165, 1.54) is 0 Å². The van der Waals surface area contributed by atoms with E-state index < -0.39 is 5.41 Å². The van der Waals surface area contributed by atoms with Crippen LogP contribution < -0.4 is 15.8 Å². The van der Waals surface area contributed by atoms with Crippen molar-refractivity contribution in [2.24, 2.45) is 11.1 Å². The SMILES string of the molecule is CCOc1c(Br)cc(Cl)cc1NC(=O)C1(C)COCC1N. The van der Waals surface area contributed by atoms with E-state index in [2.05, 4.69) is 21.2 Å². The fraction of sp³-hybridized carbons (Fsp3) is 0.500. The lowest BCUT2D eigenvalue weighted by Crippen LogP contribution is -2.47. The Labute approximate surface area is 137 Å². The van der Waals surface area contributed by atoms with Crippen molar-refractivity contribution in [1.82, 2.24) is 0 Å². The topological polar surface area (TPSA) is 73.6 Å². The van der Waals surface area contributed by atoms with Crippen molar-refractivity contribution in [3.63, 3.8) is 0 Å². The minimum atomic E-state index is -0.766. The molecular formula is C14H18BrClN2O3. The standard InChI is InChI=1S/C14H18BrClN2O3/c1-3-21-12-9(15)4-8(16)5-10(12)18-13(19)14(2)7-20-6-11(14)17/h4-5,11H,3,6-7,17H2,1-2H3,(H,18,19). The third kappa shape index (κ3) is 3.34. The van der Waals surface area contributed by atoms with Gasteiger partial charge < -0.3 is 20.5 Å². The first kappa shape index (κ1) is 16.5. The average Bonchev–Trinajstić information content (AvgIpc) is 2.75. The molecule has 116 valence electrons. The molecular weight excluding hydrogens is 360 g/mol. The Morgan fingerprint density at radius 1 is 1.67 bits per heavy atom. The zero-order valence-electron chi connectivity index (χ0n) is 11.9. The van der Waals surface area contributed by atoms with E-state index in [0.29, 0.717) is 40.8 Å². The molecule has 2 atom stereocenters. The van der Waals surface area contributed by atoms with E-state index >= 15 is 0 Å². The van der Waals surface area contributed by atoms with E-state index in [0.717, 1.165) is 0 Å². The van der Waals surface area contributed by atoms with Crippen LogP contribution in [0.1, 0.15) is 13.8 Å². The lowest BCUT2D eigenvalue weighted by molar-refractivity contribution is -0.125. The zero-order valence-corrected chi connectivity index (χ0v) is 14.3. The molecule has 1 aromatic rings. The molecule has 1 saturated heterocycles. The van der Waals surface area contributed by atoms with Crippen molar-refractivity contribution in [3.8, 4) is 5.75 Å². The fourth-order valence-corrected chi connectivity index (χ4v) is 3.06. The number of halogens is 2. The number of hydrogen-bond acceptors (Lipinski definition) is 4. The fourth-order valence-electron chi connectivity index (χ4n) is 2.13.